The number of aliphatic hydroxyl groups excluding tert-OH is 1. The van der Waals surface area contributed by atoms with Crippen LogP contribution in [0.2, 0.25) is 0 Å². The second kappa shape index (κ2) is 6.03. The topological polar surface area (TPSA) is 80.3 Å². The molecule has 0 saturated carbocycles. The molecule has 1 aromatic carbocycles. The van der Waals surface area contributed by atoms with Crippen molar-refractivity contribution in [3.05, 3.63) is 36.4 Å². The Kier molecular flexibility index (Phi) is 3.93. The number of rotatable bonds is 5. The largest absolute Gasteiger partial charge is 0.454 e. The van der Waals surface area contributed by atoms with Gasteiger partial charge in [0, 0.05) is 17.9 Å². The minimum absolute atomic E-state index is 0.0593. The maximum atomic E-state index is 11.6. The van der Waals surface area contributed by atoms with Crippen molar-refractivity contribution >= 4 is 22.7 Å². The second-order valence-corrected chi connectivity index (χ2v) is 4.91. The summed E-state index contributed by atoms with van der Waals surface area (Å²) in [7, 11) is 0. The molecule has 0 atom stereocenters. The molecule has 6 nitrogen and oxygen atoms in total. The van der Waals surface area contributed by atoms with Gasteiger partial charge in [0.05, 0.1) is 13.2 Å². The van der Waals surface area contributed by atoms with E-state index in [-0.39, 0.29) is 12.5 Å². The van der Waals surface area contributed by atoms with Crippen molar-refractivity contribution in [1.29, 1.82) is 0 Å². The zero-order chi connectivity index (χ0) is 15.5. The normalized spacial score (nSPS) is 11.0. The molecule has 0 aliphatic heterocycles. The molecule has 3 aromatic rings. The summed E-state index contributed by atoms with van der Waals surface area (Å²) in [5.74, 6) is 1.08. The predicted octanol–water partition coefficient (Wildman–Crippen LogP) is 2.64. The highest BCUT2D eigenvalue weighted by molar-refractivity contribution is 5.90. The molecule has 6 heteroatoms. The minimum Gasteiger partial charge on any atom is -0.454 e. The maximum absolute atomic E-state index is 11.6. The Balaban J connectivity index is 1.99. The van der Waals surface area contributed by atoms with Gasteiger partial charge in [0.25, 0.3) is 0 Å². The minimum atomic E-state index is -0.102. The van der Waals surface area contributed by atoms with Crippen LogP contribution in [0.4, 0.5) is 5.82 Å². The molecule has 0 fully saturated rings. The first-order valence-electron chi connectivity index (χ1n) is 7.18. The lowest BCUT2D eigenvalue weighted by atomic mass is 10.2. The van der Waals surface area contributed by atoms with Gasteiger partial charge in [0.2, 0.25) is 5.91 Å². The van der Waals surface area contributed by atoms with E-state index in [0.717, 1.165) is 11.0 Å². The molecule has 0 saturated heterocycles. The number of fused-ring (bicyclic) bond motifs is 1. The third kappa shape index (κ3) is 2.73. The van der Waals surface area contributed by atoms with E-state index in [1.165, 1.54) is 0 Å². The van der Waals surface area contributed by atoms with E-state index in [9.17, 15) is 4.79 Å². The summed E-state index contributed by atoms with van der Waals surface area (Å²) in [5.41, 5.74) is 1.41. The van der Waals surface area contributed by atoms with Crippen LogP contribution in [-0.2, 0) is 11.3 Å². The Bertz CT molecular complexity index is 771. The number of carbonyl (C=O) groups excluding carboxylic acids is 1. The fourth-order valence-electron chi connectivity index (χ4n) is 2.24. The van der Waals surface area contributed by atoms with Crippen LogP contribution in [-0.4, -0.2) is 27.4 Å². The molecule has 0 radical (unpaired) electrons. The lowest BCUT2D eigenvalue weighted by molar-refractivity contribution is -0.115. The number of hydrogen-bond donors (Lipinski definition) is 2. The number of para-hydroxylation sites is 1. The van der Waals surface area contributed by atoms with Crippen molar-refractivity contribution in [3.63, 3.8) is 0 Å². The smallest absolute Gasteiger partial charge is 0.225 e. The lowest BCUT2D eigenvalue weighted by Crippen LogP contribution is -2.15. The van der Waals surface area contributed by atoms with E-state index >= 15 is 0 Å². The molecule has 0 spiro atoms. The molecule has 0 aliphatic rings. The fraction of sp³-hybridized carbons (Fsp3) is 0.250. The van der Waals surface area contributed by atoms with Crippen LogP contribution in [0.15, 0.2) is 40.8 Å². The first kappa shape index (κ1) is 14.3. The number of furan rings is 1. The van der Waals surface area contributed by atoms with Crippen molar-refractivity contribution in [2.24, 2.45) is 0 Å². The molecular formula is C16H17N3O3. The Morgan fingerprint density at radius 2 is 2.18 bits per heavy atom. The van der Waals surface area contributed by atoms with E-state index in [2.05, 4.69) is 10.4 Å². The zero-order valence-electron chi connectivity index (χ0n) is 12.2. The van der Waals surface area contributed by atoms with E-state index in [4.69, 9.17) is 9.52 Å². The molecule has 2 N–H and O–H groups in total. The Morgan fingerprint density at radius 1 is 1.36 bits per heavy atom. The van der Waals surface area contributed by atoms with Crippen LogP contribution in [0.25, 0.3) is 22.4 Å². The summed E-state index contributed by atoms with van der Waals surface area (Å²) < 4.78 is 7.35. The van der Waals surface area contributed by atoms with E-state index in [1.807, 2.05) is 30.3 Å². The molecule has 114 valence electrons. The molecule has 2 heterocycles. The fourth-order valence-corrected chi connectivity index (χ4v) is 2.24. The Morgan fingerprint density at radius 3 is 2.91 bits per heavy atom. The molecule has 3 rings (SSSR count). The molecule has 1 amide bonds. The summed E-state index contributed by atoms with van der Waals surface area (Å²) >= 11 is 0. The molecule has 0 unspecified atom stereocenters. The number of anilines is 1. The number of aliphatic hydroxyl groups is 1. The van der Waals surface area contributed by atoms with Crippen LogP contribution < -0.4 is 5.32 Å². The molecule has 22 heavy (non-hydrogen) atoms. The first-order chi connectivity index (χ1) is 10.7. The number of benzene rings is 1. The van der Waals surface area contributed by atoms with Crippen molar-refractivity contribution in [2.45, 2.75) is 19.9 Å². The van der Waals surface area contributed by atoms with Crippen molar-refractivity contribution in [1.82, 2.24) is 9.78 Å². The predicted molar refractivity (Wildman–Crippen MR) is 83.4 cm³/mol. The maximum Gasteiger partial charge on any atom is 0.225 e. The quantitative estimate of drug-likeness (QED) is 0.759. The highest BCUT2D eigenvalue weighted by Crippen LogP contribution is 2.28. The number of hydrogen-bond acceptors (Lipinski definition) is 4. The number of aromatic nitrogens is 2. The Labute approximate surface area is 127 Å². The van der Waals surface area contributed by atoms with Crippen LogP contribution in [0, 0.1) is 0 Å². The van der Waals surface area contributed by atoms with Gasteiger partial charge in [-0.05, 0) is 12.1 Å². The number of amides is 1. The number of nitrogens with zero attached hydrogens (tertiary/aromatic N) is 2. The van der Waals surface area contributed by atoms with E-state index < -0.39 is 0 Å². The summed E-state index contributed by atoms with van der Waals surface area (Å²) in [6, 6.07) is 11.4. The van der Waals surface area contributed by atoms with Crippen LogP contribution >= 0.6 is 0 Å². The summed E-state index contributed by atoms with van der Waals surface area (Å²) in [4.78, 5) is 11.6. The average Bonchev–Trinajstić information content (AvgIpc) is 3.11. The van der Waals surface area contributed by atoms with Gasteiger partial charge in [-0.1, -0.05) is 25.1 Å². The third-order valence-corrected chi connectivity index (χ3v) is 3.36. The highest BCUT2D eigenvalue weighted by atomic mass is 16.3. The number of nitrogens with one attached hydrogen (secondary N) is 1. The van der Waals surface area contributed by atoms with Gasteiger partial charge in [-0.2, -0.15) is 5.10 Å². The third-order valence-electron chi connectivity index (χ3n) is 3.36. The Hall–Kier alpha value is -2.60. The average molecular weight is 299 g/mol. The molecular weight excluding hydrogens is 282 g/mol. The molecule has 2 aromatic heterocycles. The SMILES string of the molecule is CCC(=O)Nc1cc(-c2cc3ccccc3o2)nn1CCO. The first-order valence-corrected chi connectivity index (χ1v) is 7.18. The van der Waals surface area contributed by atoms with Crippen molar-refractivity contribution in [2.75, 3.05) is 11.9 Å². The zero-order valence-corrected chi connectivity index (χ0v) is 12.2. The molecule has 0 aliphatic carbocycles. The van der Waals surface area contributed by atoms with Gasteiger partial charge < -0.3 is 14.8 Å². The summed E-state index contributed by atoms with van der Waals surface area (Å²) in [5, 5.41) is 17.3. The lowest BCUT2D eigenvalue weighted by Gasteiger charge is -2.05. The monoisotopic (exact) mass is 299 g/mol. The van der Waals surface area contributed by atoms with Crippen molar-refractivity contribution < 1.29 is 14.3 Å². The standard InChI is InChI=1S/C16H17N3O3/c1-2-16(21)17-15-10-12(18-19(15)7-8-20)14-9-11-5-3-4-6-13(11)22-14/h3-6,9-10,20H,2,7-8H2,1H3,(H,17,21). The highest BCUT2D eigenvalue weighted by Gasteiger charge is 2.14. The van der Waals surface area contributed by atoms with Crippen LogP contribution in [0.3, 0.4) is 0 Å². The van der Waals surface area contributed by atoms with Gasteiger partial charge in [-0.15, -0.1) is 0 Å². The van der Waals surface area contributed by atoms with Gasteiger partial charge >= 0.3 is 0 Å². The van der Waals surface area contributed by atoms with Gasteiger partial charge in [-0.3, -0.25) is 4.79 Å². The van der Waals surface area contributed by atoms with E-state index in [0.29, 0.717) is 30.2 Å². The van der Waals surface area contributed by atoms with Crippen molar-refractivity contribution in [3.8, 4) is 11.5 Å². The van der Waals surface area contributed by atoms with E-state index in [1.54, 1.807) is 17.7 Å². The summed E-state index contributed by atoms with van der Waals surface area (Å²) in [6.45, 7) is 2.03. The van der Waals surface area contributed by atoms with Crippen LogP contribution in [0.1, 0.15) is 13.3 Å². The molecule has 0 bridgehead atoms. The summed E-state index contributed by atoms with van der Waals surface area (Å²) in [6.07, 6.45) is 0.379. The van der Waals surface area contributed by atoms with Gasteiger partial charge in [-0.25, -0.2) is 4.68 Å². The van der Waals surface area contributed by atoms with Gasteiger partial charge in [0.15, 0.2) is 5.76 Å². The van der Waals surface area contributed by atoms with Crippen LogP contribution in [0.5, 0.6) is 0 Å². The number of carbonyl (C=O) groups is 1. The van der Waals surface area contributed by atoms with Gasteiger partial charge in [0.1, 0.15) is 17.1 Å². The second-order valence-electron chi connectivity index (χ2n) is 4.91.